The van der Waals surface area contributed by atoms with Crippen molar-refractivity contribution in [2.45, 2.75) is 11.3 Å². The lowest BCUT2D eigenvalue weighted by molar-refractivity contribution is -0.118. The third-order valence-electron chi connectivity index (χ3n) is 2.52. The van der Waals surface area contributed by atoms with Crippen molar-refractivity contribution >= 4 is 29.2 Å². The normalized spacial score (nSPS) is 23.0. The maximum atomic E-state index is 11.2. The Kier molecular flexibility index (Phi) is 2.00. The van der Waals surface area contributed by atoms with Crippen LogP contribution in [0.5, 0.6) is 0 Å². The van der Waals surface area contributed by atoms with Crippen molar-refractivity contribution in [3.63, 3.8) is 0 Å². The van der Waals surface area contributed by atoms with Crippen molar-refractivity contribution in [3.05, 3.63) is 34.9 Å². The summed E-state index contributed by atoms with van der Waals surface area (Å²) in [7, 11) is 0. The first-order valence-corrected chi connectivity index (χ1v) is 5.71. The topological polar surface area (TPSA) is 65.0 Å². The summed E-state index contributed by atoms with van der Waals surface area (Å²) in [4.78, 5) is 12.3. The molecule has 0 saturated carbocycles. The number of carbonyl (C=O) groups is 1. The van der Waals surface area contributed by atoms with Crippen LogP contribution in [-0.4, -0.2) is 11.7 Å². The smallest absolute Gasteiger partial charge is 0.230 e. The Labute approximate surface area is 96.6 Å². The summed E-state index contributed by atoms with van der Waals surface area (Å²) in [6.07, 6.45) is 0.294. The van der Waals surface area contributed by atoms with Crippen LogP contribution in [0.25, 0.3) is 0 Å². The number of rotatable bonds is 0. The van der Waals surface area contributed by atoms with Crippen molar-refractivity contribution in [1.29, 1.82) is 5.41 Å². The van der Waals surface area contributed by atoms with Crippen LogP contribution >= 0.6 is 11.8 Å². The van der Waals surface area contributed by atoms with Crippen molar-refractivity contribution < 1.29 is 4.79 Å². The van der Waals surface area contributed by atoms with Gasteiger partial charge in [-0.05, 0) is 12.1 Å². The van der Waals surface area contributed by atoms with Gasteiger partial charge in [0.25, 0.3) is 0 Å². The monoisotopic (exact) mass is 231 g/mol. The second-order valence-electron chi connectivity index (χ2n) is 3.63. The number of hydrogen-bond donors (Lipinski definition) is 3. The highest BCUT2D eigenvalue weighted by Gasteiger charge is 2.27. The lowest BCUT2D eigenvalue weighted by Gasteiger charge is -2.01. The number of benzene rings is 1. The molecule has 5 heteroatoms. The van der Waals surface area contributed by atoms with Crippen LogP contribution in [0.15, 0.2) is 39.8 Å². The molecule has 3 N–H and O–H groups in total. The molecule has 0 unspecified atom stereocenters. The number of amides is 1. The molecule has 4 nitrogen and oxygen atoms in total. The summed E-state index contributed by atoms with van der Waals surface area (Å²) in [6.45, 7) is 0. The van der Waals surface area contributed by atoms with E-state index in [1.54, 1.807) is 11.8 Å². The zero-order valence-corrected chi connectivity index (χ0v) is 9.15. The van der Waals surface area contributed by atoms with Crippen molar-refractivity contribution in [3.8, 4) is 0 Å². The summed E-state index contributed by atoms with van der Waals surface area (Å²) in [6, 6.07) is 7.95. The van der Waals surface area contributed by atoms with E-state index in [0.29, 0.717) is 6.42 Å². The van der Waals surface area contributed by atoms with Crippen LogP contribution in [-0.2, 0) is 4.79 Å². The first kappa shape index (κ1) is 9.47. The molecular weight excluding hydrogens is 222 g/mol. The summed E-state index contributed by atoms with van der Waals surface area (Å²) in [5, 5.41) is 14.3. The first-order valence-electron chi connectivity index (χ1n) is 4.90. The number of thioether (sulfide) groups is 1. The average Bonchev–Trinajstić information content (AvgIpc) is 2.81. The van der Waals surface area contributed by atoms with Crippen molar-refractivity contribution in [2.75, 3.05) is 5.32 Å². The number of carbonyl (C=O) groups excluding carboxylic acids is 1. The van der Waals surface area contributed by atoms with E-state index in [-0.39, 0.29) is 11.7 Å². The van der Waals surface area contributed by atoms with Gasteiger partial charge in [-0.2, -0.15) is 0 Å². The second-order valence-corrected chi connectivity index (χ2v) is 4.68. The third-order valence-corrected chi connectivity index (χ3v) is 3.65. The number of anilines is 1. The van der Waals surface area contributed by atoms with Gasteiger partial charge in [-0.3, -0.25) is 10.2 Å². The third kappa shape index (κ3) is 1.40. The fraction of sp³-hybridized carbons (Fsp3) is 0.0909. The molecule has 0 radical (unpaired) electrons. The molecule has 1 aromatic carbocycles. The Hall–Kier alpha value is -1.75. The van der Waals surface area contributed by atoms with Crippen LogP contribution < -0.4 is 10.6 Å². The van der Waals surface area contributed by atoms with E-state index in [9.17, 15) is 4.79 Å². The Balaban J connectivity index is 1.99. The van der Waals surface area contributed by atoms with Crippen LogP contribution in [0.3, 0.4) is 0 Å². The molecule has 2 heterocycles. The fourth-order valence-corrected chi connectivity index (χ4v) is 2.81. The number of hydrogen-bond acceptors (Lipinski definition) is 4. The van der Waals surface area contributed by atoms with Crippen molar-refractivity contribution in [1.82, 2.24) is 5.32 Å². The lowest BCUT2D eigenvalue weighted by Crippen LogP contribution is -2.19. The standard InChI is InChI=1S/C11H9N3OS/c12-10-6(5-9(15)14-10)11-13-7-3-1-2-4-8(7)16-11/h1-4,13H,5H2,(H2,12,14,15)/b11-6+. The van der Waals surface area contributed by atoms with Crippen molar-refractivity contribution in [2.24, 2.45) is 0 Å². The van der Waals surface area contributed by atoms with Gasteiger partial charge in [-0.25, -0.2) is 0 Å². The SMILES string of the molecule is N=C1NC(=O)C/C1=C1/Nc2ccccc2S1. The van der Waals surface area contributed by atoms with Gasteiger partial charge in [0.1, 0.15) is 5.84 Å². The molecule has 0 aliphatic carbocycles. The largest absolute Gasteiger partial charge is 0.349 e. The van der Waals surface area contributed by atoms with Crippen LogP contribution in [0.1, 0.15) is 6.42 Å². The minimum absolute atomic E-state index is 0.106. The summed E-state index contributed by atoms with van der Waals surface area (Å²) >= 11 is 1.57. The van der Waals surface area contributed by atoms with E-state index in [0.717, 1.165) is 21.2 Å². The molecular formula is C11H9N3OS. The van der Waals surface area contributed by atoms with Gasteiger partial charge in [-0.15, -0.1) is 0 Å². The number of para-hydroxylation sites is 1. The average molecular weight is 231 g/mol. The number of fused-ring (bicyclic) bond motifs is 1. The maximum Gasteiger partial charge on any atom is 0.230 e. The highest BCUT2D eigenvalue weighted by Crippen LogP contribution is 2.42. The summed E-state index contributed by atoms with van der Waals surface area (Å²) in [5.41, 5.74) is 1.80. The van der Waals surface area contributed by atoms with Gasteiger partial charge in [-0.1, -0.05) is 23.9 Å². The van der Waals surface area contributed by atoms with Crippen LogP contribution in [0.4, 0.5) is 5.69 Å². The van der Waals surface area contributed by atoms with Gasteiger partial charge < -0.3 is 10.6 Å². The van der Waals surface area contributed by atoms with E-state index >= 15 is 0 Å². The molecule has 3 rings (SSSR count). The highest BCUT2D eigenvalue weighted by molar-refractivity contribution is 8.03. The highest BCUT2D eigenvalue weighted by atomic mass is 32.2. The molecule has 1 aromatic rings. The molecule has 0 bridgehead atoms. The molecule has 2 aliphatic rings. The summed E-state index contributed by atoms with van der Waals surface area (Å²) in [5.74, 6) is 0.110. The zero-order valence-electron chi connectivity index (χ0n) is 8.33. The molecule has 1 saturated heterocycles. The fourth-order valence-electron chi connectivity index (χ4n) is 1.76. The van der Waals surface area contributed by atoms with E-state index < -0.39 is 0 Å². The van der Waals surface area contributed by atoms with Gasteiger partial charge in [0.15, 0.2) is 0 Å². The zero-order chi connectivity index (χ0) is 11.1. The first-order chi connectivity index (χ1) is 7.74. The molecule has 80 valence electrons. The van der Waals surface area contributed by atoms with E-state index in [4.69, 9.17) is 5.41 Å². The second kappa shape index (κ2) is 3.38. The molecule has 0 aromatic heterocycles. The van der Waals surface area contributed by atoms with Gasteiger partial charge in [0.05, 0.1) is 17.1 Å². The Morgan fingerprint density at radius 1 is 1.25 bits per heavy atom. The minimum Gasteiger partial charge on any atom is -0.349 e. The van der Waals surface area contributed by atoms with Gasteiger partial charge in [0.2, 0.25) is 5.91 Å². The lowest BCUT2D eigenvalue weighted by atomic mass is 10.2. The van der Waals surface area contributed by atoms with E-state index in [1.165, 1.54) is 0 Å². The number of nitrogens with one attached hydrogen (secondary N) is 3. The molecule has 16 heavy (non-hydrogen) atoms. The predicted molar refractivity (Wildman–Crippen MR) is 63.4 cm³/mol. The maximum absolute atomic E-state index is 11.2. The molecule has 1 fully saturated rings. The quantitative estimate of drug-likeness (QED) is 0.639. The Morgan fingerprint density at radius 2 is 2.06 bits per heavy atom. The van der Waals surface area contributed by atoms with Crippen LogP contribution in [0, 0.1) is 5.41 Å². The van der Waals surface area contributed by atoms with Gasteiger partial charge in [0, 0.05) is 10.5 Å². The van der Waals surface area contributed by atoms with Gasteiger partial charge >= 0.3 is 0 Å². The predicted octanol–water partition coefficient (Wildman–Crippen LogP) is 1.91. The minimum atomic E-state index is -0.106. The van der Waals surface area contributed by atoms with E-state index in [1.807, 2.05) is 24.3 Å². The Morgan fingerprint density at radius 3 is 2.75 bits per heavy atom. The van der Waals surface area contributed by atoms with Crippen LogP contribution in [0.2, 0.25) is 0 Å². The summed E-state index contributed by atoms with van der Waals surface area (Å²) < 4.78 is 0. The molecule has 0 spiro atoms. The molecule has 0 atom stereocenters. The molecule has 1 amide bonds. The van der Waals surface area contributed by atoms with E-state index in [2.05, 4.69) is 10.6 Å². The Bertz CT molecular complexity index is 509. The number of amidine groups is 1. The molecule has 2 aliphatic heterocycles.